The Bertz CT molecular complexity index is 232. The zero-order valence-electron chi connectivity index (χ0n) is 5.01. The minimum absolute atomic E-state index is 0.366. The minimum Gasteiger partial charge on any atom is -0.212 e. The standard InChI is InChI=1S/C6H5BrFNS/c7-5-3-1-2-4(10)6(8)9-5/h1,3,10H,2H2. The molecule has 0 unspecified atom stereocenters. The Balaban J connectivity index is 2.96. The molecule has 0 saturated carbocycles. The molecule has 10 heavy (non-hydrogen) atoms. The largest absolute Gasteiger partial charge is 0.223 e. The topological polar surface area (TPSA) is 12.4 Å². The van der Waals surface area contributed by atoms with Gasteiger partial charge in [0.1, 0.15) is 4.62 Å². The molecule has 0 bridgehead atoms. The first-order valence-electron chi connectivity index (χ1n) is 2.68. The normalized spacial score (nSPS) is 18.9. The second kappa shape index (κ2) is 3.34. The fourth-order valence-corrected chi connectivity index (χ4v) is 1.05. The third kappa shape index (κ3) is 1.95. The molecule has 0 aliphatic carbocycles. The van der Waals surface area contributed by atoms with E-state index in [-0.39, 0.29) is 0 Å². The summed E-state index contributed by atoms with van der Waals surface area (Å²) in [6, 6.07) is 0. The van der Waals surface area contributed by atoms with E-state index in [4.69, 9.17) is 0 Å². The molecule has 54 valence electrons. The van der Waals surface area contributed by atoms with Gasteiger partial charge in [-0.3, -0.25) is 0 Å². The second-order valence-corrected chi connectivity index (χ2v) is 3.13. The van der Waals surface area contributed by atoms with Crippen molar-refractivity contribution in [2.75, 3.05) is 0 Å². The molecule has 0 fully saturated rings. The first kappa shape index (κ1) is 8.01. The van der Waals surface area contributed by atoms with Crippen molar-refractivity contribution < 1.29 is 4.39 Å². The van der Waals surface area contributed by atoms with E-state index < -0.39 is 5.95 Å². The minimum atomic E-state index is -0.514. The van der Waals surface area contributed by atoms with Crippen molar-refractivity contribution in [3.05, 3.63) is 23.0 Å². The van der Waals surface area contributed by atoms with Crippen molar-refractivity contribution in [1.29, 1.82) is 0 Å². The summed E-state index contributed by atoms with van der Waals surface area (Å²) >= 11 is 6.95. The van der Waals surface area contributed by atoms with Gasteiger partial charge in [-0.2, -0.15) is 4.39 Å². The van der Waals surface area contributed by atoms with E-state index in [9.17, 15) is 4.39 Å². The number of hydrogen-bond acceptors (Lipinski definition) is 2. The number of aliphatic imine (C=N–C) groups is 1. The number of nitrogens with zero attached hydrogens (tertiary/aromatic N) is 1. The van der Waals surface area contributed by atoms with Crippen LogP contribution in [0.1, 0.15) is 6.42 Å². The molecular weight excluding hydrogens is 217 g/mol. The van der Waals surface area contributed by atoms with Crippen LogP contribution in [-0.4, -0.2) is 4.62 Å². The van der Waals surface area contributed by atoms with Crippen LogP contribution in [0.5, 0.6) is 0 Å². The Morgan fingerprint density at radius 3 is 3.10 bits per heavy atom. The van der Waals surface area contributed by atoms with Crippen molar-refractivity contribution in [2.24, 2.45) is 4.99 Å². The highest BCUT2D eigenvalue weighted by Gasteiger charge is 2.02. The SMILES string of the molecule is FC1=C(S)CC=CC(Br)=N1. The maximum atomic E-state index is 12.6. The Kier molecular flexibility index (Phi) is 2.68. The molecule has 1 aliphatic heterocycles. The Hall–Kier alpha value is -0.0900. The van der Waals surface area contributed by atoms with Crippen molar-refractivity contribution >= 4 is 33.2 Å². The van der Waals surface area contributed by atoms with Gasteiger partial charge in [0.15, 0.2) is 0 Å². The molecule has 0 radical (unpaired) electrons. The van der Waals surface area contributed by atoms with Gasteiger partial charge >= 0.3 is 0 Å². The predicted octanol–water partition coefficient (Wildman–Crippen LogP) is 2.81. The monoisotopic (exact) mass is 221 g/mol. The van der Waals surface area contributed by atoms with Crippen molar-refractivity contribution in [2.45, 2.75) is 6.42 Å². The van der Waals surface area contributed by atoms with Gasteiger partial charge in [0.25, 0.3) is 0 Å². The summed E-state index contributed by atoms with van der Waals surface area (Å²) in [4.78, 5) is 3.91. The summed E-state index contributed by atoms with van der Waals surface area (Å²) in [5, 5.41) is 0. The average molecular weight is 222 g/mol. The summed E-state index contributed by atoms with van der Waals surface area (Å²) in [6.07, 6.45) is 4.00. The molecule has 0 atom stereocenters. The highest BCUT2D eigenvalue weighted by molar-refractivity contribution is 9.18. The van der Waals surface area contributed by atoms with Crippen LogP contribution in [0.4, 0.5) is 4.39 Å². The van der Waals surface area contributed by atoms with Gasteiger partial charge in [-0.25, -0.2) is 4.99 Å². The van der Waals surface area contributed by atoms with E-state index in [1.165, 1.54) is 0 Å². The molecule has 0 aromatic rings. The van der Waals surface area contributed by atoms with Crippen LogP contribution in [0.3, 0.4) is 0 Å². The highest BCUT2D eigenvalue weighted by Crippen LogP contribution is 2.20. The molecule has 1 aliphatic rings. The maximum absolute atomic E-state index is 12.6. The fourth-order valence-electron chi connectivity index (χ4n) is 0.548. The van der Waals surface area contributed by atoms with Gasteiger partial charge in [-0.1, -0.05) is 6.08 Å². The van der Waals surface area contributed by atoms with Crippen molar-refractivity contribution in [1.82, 2.24) is 0 Å². The maximum Gasteiger partial charge on any atom is 0.223 e. The van der Waals surface area contributed by atoms with E-state index in [1.807, 2.05) is 0 Å². The van der Waals surface area contributed by atoms with Crippen LogP contribution in [0, 0.1) is 0 Å². The third-order valence-corrected chi connectivity index (χ3v) is 1.82. The average Bonchev–Trinajstić information content (AvgIpc) is 1.96. The first-order valence-corrected chi connectivity index (χ1v) is 3.92. The van der Waals surface area contributed by atoms with Gasteiger partial charge < -0.3 is 0 Å². The van der Waals surface area contributed by atoms with E-state index in [0.717, 1.165) is 0 Å². The van der Waals surface area contributed by atoms with E-state index in [2.05, 4.69) is 33.6 Å². The zero-order chi connectivity index (χ0) is 7.56. The second-order valence-electron chi connectivity index (χ2n) is 1.78. The molecule has 0 spiro atoms. The van der Waals surface area contributed by atoms with Crippen molar-refractivity contribution in [3.8, 4) is 0 Å². The lowest BCUT2D eigenvalue weighted by Gasteiger charge is -1.90. The lowest BCUT2D eigenvalue weighted by Crippen LogP contribution is -1.76. The van der Waals surface area contributed by atoms with E-state index >= 15 is 0 Å². The lowest BCUT2D eigenvalue weighted by atomic mass is 10.4. The van der Waals surface area contributed by atoms with Gasteiger partial charge in [0.05, 0.1) is 0 Å². The summed E-state index contributed by atoms with van der Waals surface area (Å²) in [5.74, 6) is -0.514. The van der Waals surface area contributed by atoms with Crippen LogP contribution in [0.15, 0.2) is 28.0 Å². The molecule has 4 heteroatoms. The molecule has 1 heterocycles. The molecule has 1 nitrogen and oxygen atoms in total. The molecule has 0 aromatic heterocycles. The summed E-state index contributed by atoms with van der Waals surface area (Å²) in [7, 11) is 0. The molecule has 0 amide bonds. The van der Waals surface area contributed by atoms with Gasteiger partial charge in [0, 0.05) is 11.3 Å². The van der Waals surface area contributed by atoms with Crippen LogP contribution < -0.4 is 0 Å². The summed E-state index contributed by atoms with van der Waals surface area (Å²) < 4.78 is 13.1. The van der Waals surface area contributed by atoms with E-state index in [0.29, 0.717) is 15.9 Å². The van der Waals surface area contributed by atoms with E-state index in [1.54, 1.807) is 12.2 Å². The van der Waals surface area contributed by atoms with Gasteiger partial charge in [0.2, 0.25) is 5.95 Å². The smallest absolute Gasteiger partial charge is 0.212 e. The number of rotatable bonds is 0. The predicted molar refractivity (Wildman–Crippen MR) is 47.2 cm³/mol. The third-order valence-electron chi connectivity index (χ3n) is 1.01. The fraction of sp³-hybridized carbons (Fsp3) is 0.167. The number of halogens is 2. The summed E-state index contributed by atoms with van der Waals surface area (Å²) in [5.41, 5.74) is 0. The summed E-state index contributed by atoms with van der Waals surface area (Å²) in [6.45, 7) is 0. The quantitative estimate of drug-likeness (QED) is 0.478. The molecule has 0 aromatic carbocycles. The first-order chi connectivity index (χ1) is 4.70. The molecule has 0 saturated heterocycles. The van der Waals surface area contributed by atoms with Crippen molar-refractivity contribution in [3.63, 3.8) is 0 Å². The number of thiol groups is 1. The lowest BCUT2D eigenvalue weighted by molar-refractivity contribution is 0.623. The highest BCUT2D eigenvalue weighted by atomic mass is 79.9. The zero-order valence-corrected chi connectivity index (χ0v) is 7.49. The Morgan fingerprint density at radius 2 is 2.40 bits per heavy atom. The van der Waals surface area contributed by atoms with Crippen LogP contribution in [0.25, 0.3) is 0 Å². The number of hydrogen-bond donors (Lipinski definition) is 1. The number of allylic oxidation sites excluding steroid dienone is 3. The molecule has 1 rings (SSSR count). The van der Waals surface area contributed by atoms with Crippen LogP contribution in [0.2, 0.25) is 0 Å². The van der Waals surface area contributed by atoms with Crippen LogP contribution in [-0.2, 0) is 0 Å². The van der Waals surface area contributed by atoms with Gasteiger partial charge in [-0.15, -0.1) is 12.6 Å². The van der Waals surface area contributed by atoms with Gasteiger partial charge in [-0.05, 0) is 22.0 Å². The Morgan fingerprint density at radius 1 is 1.70 bits per heavy atom. The molecular formula is C6H5BrFNS. The Labute approximate surface area is 72.3 Å². The molecule has 0 N–H and O–H groups in total. The van der Waals surface area contributed by atoms with Crippen LogP contribution >= 0.6 is 28.6 Å².